The summed E-state index contributed by atoms with van der Waals surface area (Å²) in [5, 5.41) is 7.10. The topological polar surface area (TPSA) is 29.9 Å². The summed E-state index contributed by atoms with van der Waals surface area (Å²) in [5.74, 6) is 0. The number of halogens is 3. The van der Waals surface area contributed by atoms with Gasteiger partial charge in [0.25, 0.3) is 0 Å². The van der Waals surface area contributed by atoms with E-state index in [-0.39, 0.29) is 6.04 Å². The summed E-state index contributed by atoms with van der Waals surface area (Å²) in [5.41, 5.74) is 1.77. The molecule has 0 aliphatic rings. The number of hydrogen-bond acceptors (Lipinski definition) is 2. The molecule has 0 fully saturated rings. The zero-order valence-corrected chi connectivity index (χ0v) is 10.5. The van der Waals surface area contributed by atoms with Crippen molar-refractivity contribution < 1.29 is 13.2 Å². The molecule has 0 spiro atoms. The summed E-state index contributed by atoms with van der Waals surface area (Å²) in [4.78, 5) is 0. The Balaban J connectivity index is 2.60. The molecule has 2 unspecified atom stereocenters. The Morgan fingerprint density at radius 2 is 2.00 bits per heavy atom. The van der Waals surface area contributed by atoms with Crippen LogP contribution in [-0.2, 0) is 7.05 Å². The highest BCUT2D eigenvalue weighted by Gasteiger charge is 2.30. The van der Waals surface area contributed by atoms with Crippen molar-refractivity contribution in [1.82, 2.24) is 15.1 Å². The molecule has 0 aromatic carbocycles. The van der Waals surface area contributed by atoms with Crippen LogP contribution in [0.15, 0.2) is 6.20 Å². The number of nitrogens with one attached hydrogen (secondary N) is 1. The number of alkyl halides is 3. The zero-order valence-electron chi connectivity index (χ0n) is 10.5. The molecule has 1 rings (SSSR count). The summed E-state index contributed by atoms with van der Waals surface area (Å²) in [6.07, 6.45) is -3.12. The van der Waals surface area contributed by atoms with Gasteiger partial charge in [-0.15, -0.1) is 0 Å². The van der Waals surface area contributed by atoms with Gasteiger partial charge in [0.05, 0.1) is 12.1 Å². The normalized spacial score (nSPS) is 15.9. The fraction of sp³-hybridized carbons (Fsp3) is 0.727. The Kier molecular flexibility index (Phi) is 4.19. The lowest BCUT2D eigenvalue weighted by Crippen LogP contribution is -2.33. The molecule has 1 aromatic rings. The van der Waals surface area contributed by atoms with Crippen LogP contribution in [0.2, 0.25) is 0 Å². The molecule has 17 heavy (non-hydrogen) atoms. The zero-order chi connectivity index (χ0) is 13.2. The van der Waals surface area contributed by atoms with E-state index in [0.717, 1.165) is 11.3 Å². The second kappa shape index (κ2) is 5.08. The molecule has 0 saturated carbocycles. The molecule has 2 atom stereocenters. The van der Waals surface area contributed by atoms with E-state index < -0.39 is 18.6 Å². The average Bonchev–Trinajstić information content (AvgIpc) is 2.41. The minimum absolute atomic E-state index is 0.138. The Hall–Kier alpha value is -1.04. The highest BCUT2D eigenvalue weighted by molar-refractivity contribution is 5.19. The predicted octanol–water partition coefficient (Wildman–Crippen LogP) is 2.72. The van der Waals surface area contributed by atoms with Crippen LogP contribution in [0.1, 0.15) is 37.6 Å². The molecular formula is C11H18F3N3. The molecule has 1 heterocycles. The lowest BCUT2D eigenvalue weighted by atomic mass is 10.1. The largest absolute Gasteiger partial charge is 0.390 e. The van der Waals surface area contributed by atoms with Gasteiger partial charge in [-0.05, 0) is 20.8 Å². The highest BCUT2D eigenvalue weighted by Crippen LogP contribution is 2.23. The van der Waals surface area contributed by atoms with Crippen molar-refractivity contribution in [2.75, 3.05) is 0 Å². The van der Waals surface area contributed by atoms with Gasteiger partial charge >= 0.3 is 6.18 Å². The van der Waals surface area contributed by atoms with Crippen LogP contribution in [0.4, 0.5) is 13.2 Å². The molecule has 0 aliphatic carbocycles. The van der Waals surface area contributed by atoms with Crippen molar-refractivity contribution in [2.45, 2.75) is 45.5 Å². The number of nitrogens with zero attached hydrogens (tertiary/aromatic N) is 2. The molecule has 0 bridgehead atoms. The lowest BCUT2D eigenvalue weighted by molar-refractivity contribution is -0.139. The average molecular weight is 249 g/mol. The smallest absolute Gasteiger partial charge is 0.307 e. The predicted molar refractivity (Wildman–Crippen MR) is 59.6 cm³/mol. The molecular weight excluding hydrogens is 231 g/mol. The fourth-order valence-electron chi connectivity index (χ4n) is 1.97. The van der Waals surface area contributed by atoms with E-state index >= 15 is 0 Å². The van der Waals surface area contributed by atoms with Crippen LogP contribution in [0.25, 0.3) is 0 Å². The Morgan fingerprint density at radius 1 is 1.41 bits per heavy atom. The van der Waals surface area contributed by atoms with E-state index in [9.17, 15) is 13.2 Å². The maximum Gasteiger partial charge on any atom is 0.390 e. The molecule has 0 saturated heterocycles. The van der Waals surface area contributed by atoms with Crippen molar-refractivity contribution in [3.05, 3.63) is 17.5 Å². The van der Waals surface area contributed by atoms with Gasteiger partial charge in [-0.25, -0.2) is 0 Å². The van der Waals surface area contributed by atoms with Crippen molar-refractivity contribution in [3.63, 3.8) is 0 Å². The third-order valence-corrected chi connectivity index (χ3v) is 2.59. The number of rotatable bonds is 4. The second-order valence-electron chi connectivity index (χ2n) is 4.45. The van der Waals surface area contributed by atoms with Gasteiger partial charge < -0.3 is 5.32 Å². The fourth-order valence-corrected chi connectivity index (χ4v) is 1.97. The summed E-state index contributed by atoms with van der Waals surface area (Å²) < 4.78 is 38.2. The minimum Gasteiger partial charge on any atom is -0.307 e. The maximum atomic E-state index is 12.2. The van der Waals surface area contributed by atoms with Gasteiger partial charge in [0, 0.05) is 30.9 Å². The molecule has 0 aliphatic heterocycles. The number of hydrogen-bond donors (Lipinski definition) is 1. The summed E-state index contributed by atoms with van der Waals surface area (Å²) >= 11 is 0. The van der Waals surface area contributed by atoms with E-state index in [1.54, 1.807) is 11.7 Å². The highest BCUT2D eigenvalue weighted by atomic mass is 19.4. The van der Waals surface area contributed by atoms with Crippen LogP contribution in [-0.4, -0.2) is 22.0 Å². The third-order valence-electron chi connectivity index (χ3n) is 2.59. The van der Waals surface area contributed by atoms with E-state index in [2.05, 4.69) is 10.4 Å². The Bertz CT molecular complexity index is 371. The first-order chi connectivity index (χ1) is 7.69. The maximum absolute atomic E-state index is 12.2. The quantitative estimate of drug-likeness (QED) is 0.889. The van der Waals surface area contributed by atoms with Crippen LogP contribution in [0.3, 0.4) is 0 Å². The molecule has 6 heteroatoms. The standard InChI is InChI=1S/C11H18F3N3/c1-7(5-11(12,13)14)15-8(2)10-6-17(4)16-9(10)3/h6-8,15H,5H2,1-4H3. The van der Waals surface area contributed by atoms with Crippen LogP contribution >= 0.6 is 0 Å². The molecule has 0 radical (unpaired) electrons. The van der Waals surface area contributed by atoms with E-state index in [1.807, 2.05) is 20.0 Å². The molecule has 98 valence electrons. The van der Waals surface area contributed by atoms with E-state index in [0.29, 0.717) is 0 Å². The second-order valence-corrected chi connectivity index (χ2v) is 4.45. The summed E-state index contributed by atoms with van der Waals surface area (Å²) in [7, 11) is 1.79. The van der Waals surface area contributed by atoms with Crippen molar-refractivity contribution in [3.8, 4) is 0 Å². The monoisotopic (exact) mass is 249 g/mol. The lowest BCUT2D eigenvalue weighted by Gasteiger charge is -2.20. The number of aryl methyl sites for hydroxylation is 2. The van der Waals surface area contributed by atoms with Gasteiger partial charge in [0.1, 0.15) is 0 Å². The first-order valence-electron chi connectivity index (χ1n) is 5.52. The van der Waals surface area contributed by atoms with Crippen molar-refractivity contribution in [1.29, 1.82) is 0 Å². The molecule has 0 amide bonds. The van der Waals surface area contributed by atoms with Crippen molar-refractivity contribution in [2.24, 2.45) is 7.05 Å². The van der Waals surface area contributed by atoms with E-state index in [1.165, 1.54) is 6.92 Å². The molecule has 1 N–H and O–H groups in total. The van der Waals surface area contributed by atoms with Crippen molar-refractivity contribution >= 4 is 0 Å². The number of aromatic nitrogens is 2. The SMILES string of the molecule is Cc1nn(C)cc1C(C)NC(C)CC(F)(F)F. The third kappa shape index (κ3) is 4.38. The van der Waals surface area contributed by atoms with Crippen LogP contribution in [0, 0.1) is 6.92 Å². The van der Waals surface area contributed by atoms with Crippen LogP contribution < -0.4 is 5.32 Å². The Labute approximate surface area is 99.0 Å². The summed E-state index contributed by atoms with van der Waals surface area (Å²) in [6, 6.07) is -0.745. The van der Waals surface area contributed by atoms with Crippen LogP contribution in [0.5, 0.6) is 0 Å². The molecule has 1 aromatic heterocycles. The van der Waals surface area contributed by atoms with Gasteiger partial charge in [-0.3, -0.25) is 4.68 Å². The van der Waals surface area contributed by atoms with Gasteiger partial charge in [-0.2, -0.15) is 18.3 Å². The van der Waals surface area contributed by atoms with Gasteiger partial charge in [-0.1, -0.05) is 0 Å². The van der Waals surface area contributed by atoms with Gasteiger partial charge in [0.15, 0.2) is 0 Å². The first kappa shape index (κ1) is 14.0. The summed E-state index contributed by atoms with van der Waals surface area (Å²) in [6.45, 7) is 5.23. The van der Waals surface area contributed by atoms with E-state index in [4.69, 9.17) is 0 Å². The Morgan fingerprint density at radius 3 is 2.41 bits per heavy atom. The molecule has 3 nitrogen and oxygen atoms in total. The van der Waals surface area contributed by atoms with Gasteiger partial charge in [0.2, 0.25) is 0 Å². The first-order valence-corrected chi connectivity index (χ1v) is 5.52. The minimum atomic E-state index is -4.13.